The molecule has 0 amide bonds. The molecule has 7 heteroatoms. The smallest absolute Gasteiger partial charge is 0.260 e. The van der Waals surface area contributed by atoms with Crippen LogP contribution in [0.1, 0.15) is 16.5 Å². The van der Waals surface area contributed by atoms with Gasteiger partial charge in [-0.1, -0.05) is 5.16 Å². The van der Waals surface area contributed by atoms with Gasteiger partial charge in [-0.15, -0.1) is 11.3 Å². The highest BCUT2D eigenvalue weighted by Gasteiger charge is 2.13. The second-order valence-corrected chi connectivity index (χ2v) is 6.50. The van der Waals surface area contributed by atoms with E-state index in [2.05, 4.69) is 37.7 Å². The number of benzene rings is 1. The largest absolute Gasteiger partial charge is 0.398 e. The molecule has 1 aromatic carbocycles. The lowest BCUT2D eigenvalue weighted by atomic mass is 10.2. The van der Waals surface area contributed by atoms with Gasteiger partial charge in [0, 0.05) is 20.3 Å². The minimum absolute atomic E-state index is 0.448. The molecule has 0 unspecified atom stereocenters. The van der Waals surface area contributed by atoms with Crippen molar-refractivity contribution in [2.24, 2.45) is 0 Å². The first-order valence-corrected chi connectivity index (χ1v) is 7.86. The molecule has 0 aliphatic carbocycles. The van der Waals surface area contributed by atoms with Crippen LogP contribution in [0.3, 0.4) is 0 Å². The summed E-state index contributed by atoms with van der Waals surface area (Å²) in [7, 11) is 0. The highest BCUT2D eigenvalue weighted by Crippen LogP contribution is 2.26. The van der Waals surface area contributed by atoms with E-state index in [0.29, 0.717) is 23.8 Å². The molecule has 0 saturated heterocycles. The summed E-state index contributed by atoms with van der Waals surface area (Å²) in [6.07, 6.45) is 0.575. The third-order valence-corrected chi connectivity index (χ3v) is 4.33. The summed E-state index contributed by atoms with van der Waals surface area (Å²) < 4.78 is 6.37. The van der Waals surface area contributed by atoms with E-state index in [4.69, 9.17) is 10.3 Å². The molecule has 3 rings (SSSR count). The lowest BCUT2D eigenvalue weighted by molar-refractivity contribution is 0.424. The lowest BCUT2D eigenvalue weighted by Crippen LogP contribution is -1.92. The first-order chi connectivity index (χ1) is 9.61. The van der Waals surface area contributed by atoms with Crippen LogP contribution in [0.25, 0.3) is 11.5 Å². The molecule has 0 atom stereocenters. The summed E-state index contributed by atoms with van der Waals surface area (Å²) in [5.41, 5.74) is 8.35. The summed E-state index contributed by atoms with van der Waals surface area (Å²) in [6.45, 7) is 1.97. The molecule has 20 heavy (non-hydrogen) atoms. The number of hydrogen-bond acceptors (Lipinski definition) is 6. The maximum Gasteiger partial charge on any atom is 0.260 e. The van der Waals surface area contributed by atoms with Gasteiger partial charge in [0.1, 0.15) is 5.01 Å². The van der Waals surface area contributed by atoms with Crippen LogP contribution in [0.2, 0.25) is 0 Å². The van der Waals surface area contributed by atoms with Crippen LogP contribution in [0.4, 0.5) is 5.69 Å². The second kappa shape index (κ2) is 5.49. The van der Waals surface area contributed by atoms with Gasteiger partial charge in [-0.05, 0) is 47.7 Å². The predicted molar refractivity (Wildman–Crippen MR) is 86.5 cm³/mol. The molecule has 2 N–H and O–H groups in total. The standard InChI is InChI=1S/C13H11IN4OS/c1-7-6-20-12(16-7)5-11-17-13(19-18-11)9-4-8(14)2-3-10(9)15/h2-4,6H,5,15H2,1H3. The van der Waals surface area contributed by atoms with Crippen LogP contribution >= 0.6 is 33.9 Å². The van der Waals surface area contributed by atoms with E-state index in [9.17, 15) is 0 Å². The molecule has 2 heterocycles. The quantitative estimate of drug-likeness (QED) is 0.541. The maximum atomic E-state index is 5.95. The van der Waals surface area contributed by atoms with E-state index in [0.717, 1.165) is 19.8 Å². The Balaban J connectivity index is 1.88. The number of nitrogens with zero attached hydrogens (tertiary/aromatic N) is 3. The minimum atomic E-state index is 0.448. The molecule has 0 bridgehead atoms. The zero-order chi connectivity index (χ0) is 14.1. The summed E-state index contributed by atoms with van der Waals surface area (Å²) >= 11 is 3.82. The molecule has 0 spiro atoms. The van der Waals surface area contributed by atoms with Crippen molar-refractivity contribution in [2.45, 2.75) is 13.3 Å². The third kappa shape index (κ3) is 2.83. The number of thiazole rings is 1. The molecule has 102 valence electrons. The van der Waals surface area contributed by atoms with Crippen molar-refractivity contribution >= 4 is 39.6 Å². The number of halogens is 1. The molecule has 0 fully saturated rings. The fraction of sp³-hybridized carbons (Fsp3) is 0.154. The molecule has 3 aromatic rings. The highest BCUT2D eigenvalue weighted by atomic mass is 127. The van der Waals surface area contributed by atoms with E-state index >= 15 is 0 Å². The Kier molecular flexibility index (Phi) is 3.70. The van der Waals surface area contributed by atoms with Crippen molar-refractivity contribution in [1.82, 2.24) is 15.1 Å². The minimum Gasteiger partial charge on any atom is -0.398 e. The zero-order valence-electron chi connectivity index (χ0n) is 10.6. The Morgan fingerprint density at radius 1 is 1.35 bits per heavy atom. The van der Waals surface area contributed by atoms with Gasteiger partial charge in [-0.3, -0.25) is 0 Å². The van der Waals surface area contributed by atoms with Gasteiger partial charge in [0.15, 0.2) is 5.82 Å². The van der Waals surface area contributed by atoms with Crippen molar-refractivity contribution in [3.8, 4) is 11.5 Å². The molecule has 0 radical (unpaired) electrons. The van der Waals surface area contributed by atoms with Gasteiger partial charge in [0.25, 0.3) is 5.89 Å². The Morgan fingerprint density at radius 2 is 2.20 bits per heavy atom. The molecule has 0 aliphatic heterocycles. The predicted octanol–water partition coefficient (Wildman–Crippen LogP) is 3.28. The number of aryl methyl sites for hydroxylation is 1. The number of aromatic nitrogens is 3. The summed E-state index contributed by atoms with van der Waals surface area (Å²) in [4.78, 5) is 8.78. The lowest BCUT2D eigenvalue weighted by Gasteiger charge is -2.00. The van der Waals surface area contributed by atoms with E-state index in [-0.39, 0.29) is 0 Å². The second-order valence-electron chi connectivity index (χ2n) is 4.31. The summed E-state index contributed by atoms with van der Waals surface area (Å²) in [5.74, 6) is 1.07. The average molecular weight is 398 g/mol. The number of anilines is 1. The molecular formula is C13H11IN4OS. The van der Waals surface area contributed by atoms with Crippen molar-refractivity contribution in [1.29, 1.82) is 0 Å². The van der Waals surface area contributed by atoms with E-state index < -0.39 is 0 Å². The maximum absolute atomic E-state index is 5.95. The van der Waals surface area contributed by atoms with Crippen molar-refractivity contribution in [3.05, 3.63) is 43.7 Å². The topological polar surface area (TPSA) is 77.8 Å². The van der Waals surface area contributed by atoms with Gasteiger partial charge < -0.3 is 10.3 Å². The number of nitrogens with two attached hydrogens (primary N) is 1. The van der Waals surface area contributed by atoms with E-state index in [1.165, 1.54) is 0 Å². The zero-order valence-corrected chi connectivity index (χ0v) is 13.6. The van der Waals surface area contributed by atoms with Gasteiger partial charge >= 0.3 is 0 Å². The Morgan fingerprint density at radius 3 is 2.95 bits per heavy atom. The number of nitrogen functional groups attached to an aromatic ring is 1. The SMILES string of the molecule is Cc1csc(Cc2noc(-c3cc(I)ccc3N)n2)n1. The Labute approximate surface area is 133 Å². The van der Waals surface area contributed by atoms with Gasteiger partial charge in [0.2, 0.25) is 0 Å². The average Bonchev–Trinajstić information content (AvgIpc) is 3.02. The molecule has 2 aromatic heterocycles. The van der Waals surface area contributed by atoms with Crippen LogP contribution in [0.15, 0.2) is 28.1 Å². The summed E-state index contributed by atoms with van der Waals surface area (Å²) in [5, 5.41) is 6.98. The fourth-order valence-electron chi connectivity index (χ4n) is 1.77. The highest BCUT2D eigenvalue weighted by molar-refractivity contribution is 14.1. The third-order valence-electron chi connectivity index (χ3n) is 2.69. The van der Waals surface area contributed by atoms with Crippen molar-refractivity contribution in [2.75, 3.05) is 5.73 Å². The van der Waals surface area contributed by atoms with E-state index in [1.807, 2.05) is 30.5 Å². The van der Waals surface area contributed by atoms with Gasteiger partial charge in [-0.2, -0.15) is 4.98 Å². The van der Waals surface area contributed by atoms with Gasteiger partial charge in [0.05, 0.1) is 12.0 Å². The molecule has 5 nitrogen and oxygen atoms in total. The normalized spacial score (nSPS) is 10.9. The van der Waals surface area contributed by atoms with Gasteiger partial charge in [-0.25, -0.2) is 4.98 Å². The number of hydrogen-bond donors (Lipinski definition) is 1. The fourth-order valence-corrected chi connectivity index (χ4v) is 3.03. The first-order valence-electron chi connectivity index (χ1n) is 5.91. The molecular weight excluding hydrogens is 387 g/mol. The van der Waals surface area contributed by atoms with Crippen LogP contribution in [-0.2, 0) is 6.42 Å². The van der Waals surface area contributed by atoms with Crippen LogP contribution in [0, 0.1) is 10.5 Å². The van der Waals surface area contributed by atoms with E-state index in [1.54, 1.807) is 11.3 Å². The Bertz CT molecular complexity index is 752. The monoisotopic (exact) mass is 398 g/mol. The van der Waals surface area contributed by atoms with Crippen LogP contribution in [0.5, 0.6) is 0 Å². The van der Waals surface area contributed by atoms with Crippen LogP contribution in [-0.4, -0.2) is 15.1 Å². The number of rotatable bonds is 3. The Hall–Kier alpha value is -1.48. The summed E-state index contributed by atoms with van der Waals surface area (Å²) in [6, 6.07) is 5.71. The first kappa shape index (κ1) is 13.5. The van der Waals surface area contributed by atoms with Crippen molar-refractivity contribution in [3.63, 3.8) is 0 Å². The van der Waals surface area contributed by atoms with Crippen molar-refractivity contribution < 1.29 is 4.52 Å². The van der Waals surface area contributed by atoms with Crippen LogP contribution < -0.4 is 5.73 Å². The molecule has 0 saturated carbocycles. The molecule has 0 aliphatic rings.